The van der Waals surface area contributed by atoms with Crippen LogP contribution < -0.4 is 5.46 Å². The summed E-state index contributed by atoms with van der Waals surface area (Å²) in [6.45, 7) is 12.0. The van der Waals surface area contributed by atoms with Gasteiger partial charge < -0.3 is 9.31 Å². The molecule has 0 saturated carbocycles. The molecule has 0 atom stereocenters. The number of rotatable bonds is 5. The first-order valence-corrected chi connectivity index (χ1v) is 9.22. The molecule has 3 rings (SSSR count). The van der Waals surface area contributed by atoms with Crippen molar-refractivity contribution >= 4 is 12.6 Å². The summed E-state index contributed by atoms with van der Waals surface area (Å²) in [5.41, 5.74) is 3.83. The van der Waals surface area contributed by atoms with E-state index in [4.69, 9.17) is 9.31 Å². The highest BCUT2D eigenvalue weighted by molar-refractivity contribution is 6.62. The highest BCUT2D eigenvalue weighted by Crippen LogP contribution is 2.36. The summed E-state index contributed by atoms with van der Waals surface area (Å²) in [7, 11) is 1.80. The third-order valence-corrected chi connectivity index (χ3v) is 5.31. The van der Waals surface area contributed by atoms with Crippen LogP contribution >= 0.6 is 0 Å². The number of aryl methyl sites for hydroxylation is 1. The van der Waals surface area contributed by atoms with Gasteiger partial charge in [-0.2, -0.15) is 0 Å². The third-order valence-electron chi connectivity index (χ3n) is 5.31. The molecule has 5 heteroatoms. The second-order valence-electron chi connectivity index (χ2n) is 8.28. The van der Waals surface area contributed by atoms with E-state index in [-0.39, 0.29) is 18.3 Å². The molecule has 1 aromatic heterocycles. The normalized spacial score (nSPS) is 18.5. The van der Waals surface area contributed by atoms with Crippen molar-refractivity contribution in [2.24, 2.45) is 0 Å². The van der Waals surface area contributed by atoms with Crippen LogP contribution in [0.4, 0.5) is 0 Å². The predicted octanol–water partition coefficient (Wildman–Crippen LogP) is 3.32. The fourth-order valence-electron chi connectivity index (χ4n) is 3.15. The highest BCUT2D eigenvalue weighted by Gasteiger charge is 2.51. The molecule has 4 nitrogen and oxygen atoms in total. The van der Waals surface area contributed by atoms with Crippen LogP contribution in [0.15, 0.2) is 42.5 Å². The van der Waals surface area contributed by atoms with Gasteiger partial charge in [0, 0.05) is 18.8 Å². The second kappa shape index (κ2) is 7.14. The molecule has 0 radical (unpaired) electrons. The maximum absolute atomic E-state index is 6.17. The summed E-state index contributed by atoms with van der Waals surface area (Å²) in [6, 6.07) is 14.6. The highest BCUT2D eigenvalue weighted by atomic mass is 16.7. The van der Waals surface area contributed by atoms with Crippen molar-refractivity contribution in [3.63, 3.8) is 0 Å². The average Bonchev–Trinajstić information content (AvgIpc) is 2.75. The van der Waals surface area contributed by atoms with Crippen molar-refractivity contribution in [3.8, 4) is 0 Å². The van der Waals surface area contributed by atoms with Crippen LogP contribution in [0.25, 0.3) is 0 Å². The molecule has 1 aliphatic heterocycles. The van der Waals surface area contributed by atoms with Crippen LogP contribution in [0, 0.1) is 6.92 Å². The summed E-state index contributed by atoms with van der Waals surface area (Å²) in [6.07, 6.45) is 0. The van der Waals surface area contributed by atoms with Crippen molar-refractivity contribution in [3.05, 3.63) is 59.4 Å². The number of benzene rings is 1. The number of hydrogen-bond donors (Lipinski definition) is 0. The van der Waals surface area contributed by atoms with E-state index in [0.717, 1.165) is 29.9 Å². The van der Waals surface area contributed by atoms with E-state index >= 15 is 0 Å². The second-order valence-corrected chi connectivity index (χ2v) is 8.28. The van der Waals surface area contributed by atoms with Gasteiger partial charge in [-0.3, -0.25) is 9.88 Å². The molecular formula is C21H29BN2O2. The molecule has 138 valence electrons. The number of hydrogen-bond acceptors (Lipinski definition) is 4. The van der Waals surface area contributed by atoms with Gasteiger partial charge in [-0.25, -0.2) is 0 Å². The van der Waals surface area contributed by atoms with E-state index in [1.54, 1.807) is 0 Å². The van der Waals surface area contributed by atoms with Gasteiger partial charge >= 0.3 is 7.12 Å². The summed E-state index contributed by atoms with van der Waals surface area (Å²) >= 11 is 0. The molecule has 2 heterocycles. The lowest BCUT2D eigenvalue weighted by Crippen LogP contribution is -2.41. The summed E-state index contributed by atoms with van der Waals surface area (Å²) < 4.78 is 12.3. The monoisotopic (exact) mass is 352 g/mol. The summed E-state index contributed by atoms with van der Waals surface area (Å²) in [4.78, 5) is 6.85. The zero-order valence-corrected chi connectivity index (χ0v) is 16.7. The first-order valence-electron chi connectivity index (χ1n) is 9.22. The average molecular weight is 352 g/mol. The maximum atomic E-state index is 6.17. The molecule has 0 unspecified atom stereocenters. The lowest BCUT2D eigenvalue weighted by atomic mass is 9.78. The predicted molar refractivity (Wildman–Crippen MR) is 106 cm³/mol. The minimum Gasteiger partial charge on any atom is -0.399 e. The van der Waals surface area contributed by atoms with Crippen LogP contribution in [0.5, 0.6) is 0 Å². The van der Waals surface area contributed by atoms with Crippen molar-refractivity contribution in [1.82, 2.24) is 9.88 Å². The molecule has 26 heavy (non-hydrogen) atoms. The van der Waals surface area contributed by atoms with Gasteiger partial charge in [-0.15, -0.1) is 0 Å². The molecule has 1 aromatic carbocycles. The zero-order chi connectivity index (χ0) is 18.9. The van der Waals surface area contributed by atoms with Crippen LogP contribution in [-0.2, 0) is 22.4 Å². The van der Waals surface area contributed by atoms with Gasteiger partial charge in [0.05, 0.1) is 16.9 Å². The summed E-state index contributed by atoms with van der Waals surface area (Å²) in [5, 5.41) is 0. The van der Waals surface area contributed by atoms with E-state index in [0.29, 0.717) is 0 Å². The Morgan fingerprint density at radius 3 is 2.27 bits per heavy atom. The smallest absolute Gasteiger partial charge is 0.399 e. The quantitative estimate of drug-likeness (QED) is 0.774. The van der Waals surface area contributed by atoms with Crippen LogP contribution in [0.2, 0.25) is 0 Å². The van der Waals surface area contributed by atoms with E-state index in [9.17, 15) is 0 Å². The van der Waals surface area contributed by atoms with Crippen LogP contribution in [0.1, 0.15) is 44.6 Å². The first-order chi connectivity index (χ1) is 12.2. The lowest BCUT2D eigenvalue weighted by molar-refractivity contribution is 0.00578. The Morgan fingerprint density at radius 2 is 1.62 bits per heavy atom. The molecule has 0 amide bonds. The van der Waals surface area contributed by atoms with E-state index in [2.05, 4.69) is 81.0 Å². The number of nitrogens with zero attached hydrogens (tertiary/aromatic N) is 2. The first kappa shape index (κ1) is 19.1. The Bertz CT molecular complexity index is 760. The van der Waals surface area contributed by atoms with Gasteiger partial charge in [0.2, 0.25) is 0 Å². The number of aromatic nitrogens is 1. The van der Waals surface area contributed by atoms with Crippen molar-refractivity contribution in [2.45, 2.75) is 58.9 Å². The zero-order valence-electron chi connectivity index (χ0n) is 16.7. The molecule has 0 spiro atoms. The Morgan fingerprint density at radius 1 is 0.962 bits per heavy atom. The Kier molecular flexibility index (Phi) is 5.24. The lowest BCUT2D eigenvalue weighted by Gasteiger charge is -2.32. The van der Waals surface area contributed by atoms with Gasteiger partial charge in [0.15, 0.2) is 0 Å². The van der Waals surface area contributed by atoms with Crippen LogP contribution in [0.3, 0.4) is 0 Å². The summed E-state index contributed by atoms with van der Waals surface area (Å²) in [5.74, 6) is 0. The topological polar surface area (TPSA) is 34.6 Å². The molecular weight excluding hydrogens is 323 g/mol. The molecule has 0 aliphatic carbocycles. The van der Waals surface area contributed by atoms with Crippen molar-refractivity contribution < 1.29 is 9.31 Å². The van der Waals surface area contributed by atoms with E-state index < -0.39 is 0 Å². The van der Waals surface area contributed by atoms with E-state index in [1.165, 1.54) is 5.56 Å². The standard InChI is InChI=1S/C21H29BN2O2/c1-16-9-7-12-19(23-16)15-24(6)14-17-10-8-11-18(13-17)22-25-20(2,3)21(4,5)26-22/h7-13H,14-15H2,1-6H3. The van der Waals surface area contributed by atoms with Crippen molar-refractivity contribution in [2.75, 3.05) is 7.05 Å². The minimum absolute atomic E-state index is 0.316. The van der Waals surface area contributed by atoms with E-state index in [1.807, 2.05) is 13.0 Å². The molecule has 1 saturated heterocycles. The molecule has 0 bridgehead atoms. The molecule has 2 aromatic rings. The maximum Gasteiger partial charge on any atom is 0.494 e. The Hall–Kier alpha value is -1.69. The Balaban J connectivity index is 1.68. The largest absolute Gasteiger partial charge is 0.494 e. The fourth-order valence-corrected chi connectivity index (χ4v) is 3.15. The Labute approximate surface area is 157 Å². The SMILES string of the molecule is Cc1cccc(CN(C)Cc2cccc(B3OC(C)(C)C(C)(C)O3)c2)n1. The van der Waals surface area contributed by atoms with Gasteiger partial charge in [0.1, 0.15) is 0 Å². The molecule has 1 aliphatic rings. The van der Waals surface area contributed by atoms with Gasteiger partial charge in [0.25, 0.3) is 0 Å². The minimum atomic E-state index is -0.318. The molecule has 0 N–H and O–H groups in total. The van der Waals surface area contributed by atoms with Crippen LogP contribution in [-0.4, -0.2) is 35.3 Å². The number of pyridine rings is 1. The fraction of sp³-hybridized carbons (Fsp3) is 0.476. The van der Waals surface area contributed by atoms with Gasteiger partial charge in [-0.1, -0.05) is 30.3 Å². The molecule has 1 fully saturated rings. The van der Waals surface area contributed by atoms with Gasteiger partial charge in [-0.05, 0) is 64.8 Å². The third kappa shape index (κ3) is 4.17. The van der Waals surface area contributed by atoms with Crippen molar-refractivity contribution in [1.29, 1.82) is 0 Å².